The molecule has 3 heterocycles. The van der Waals surface area contributed by atoms with Gasteiger partial charge in [0.1, 0.15) is 11.9 Å². The summed E-state index contributed by atoms with van der Waals surface area (Å²) >= 11 is 0. The van der Waals surface area contributed by atoms with Crippen molar-refractivity contribution in [1.29, 1.82) is 5.26 Å². The minimum atomic E-state index is -3.81. The van der Waals surface area contributed by atoms with Crippen molar-refractivity contribution in [2.45, 2.75) is 43.5 Å². The number of nitrogens with zero attached hydrogens (tertiary/aromatic N) is 5. The van der Waals surface area contributed by atoms with Gasteiger partial charge in [-0.25, -0.2) is 13.1 Å². The van der Waals surface area contributed by atoms with Crippen LogP contribution < -0.4 is 14.9 Å². The molecule has 5 rings (SSSR count). The minimum absolute atomic E-state index is 0.0191. The van der Waals surface area contributed by atoms with Crippen LogP contribution in [0.15, 0.2) is 41.3 Å². The molecule has 2 N–H and O–H groups in total. The summed E-state index contributed by atoms with van der Waals surface area (Å²) in [7, 11) is -3.81. The zero-order chi connectivity index (χ0) is 23.9. The Labute approximate surface area is 197 Å². The molecule has 1 saturated heterocycles. The number of carbonyl (C=O) groups is 1. The number of piperidine rings is 1. The maximum absolute atomic E-state index is 13.0. The summed E-state index contributed by atoms with van der Waals surface area (Å²) in [6.45, 7) is 3.04. The van der Waals surface area contributed by atoms with E-state index in [2.05, 4.69) is 25.0 Å². The second-order valence-corrected chi connectivity index (χ2v) is 10.5. The Bertz CT molecular complexity index is 1400. The number of nitriles is 1. The monoisotopic (exact) mass is 479 g/mol. The molecule has 10 nitrogen and oxygen atoms in total. The highest BCUT2D eigenvalue weighted by molar-refractivity contribution is 7.89. The van der Waals surface area contributed by atoms with Gasteiger partial charge in [-0.1, -0.05) is 12.1 Å². The first-order chi connectivity index (χ1) is 16.3. The quantitative estimate of drug-likeness (QED) is 0.554. The van der Waals surface area contributed by atoms with Gasteiger partial charge in [0.25, 0.3) is 0 Å². The average molecular weight is 480 g/mol. The largest absolute Gasteiger partial charge is 0.356 e. The highest BCUT2D eigenvalue weighted by Crippen LogP contribution is 2.30. The lowest BCUT2D eigenvalue weighted by Crippen LogP contribution is -2.45. The number of aromatic nitrogens is 3. The van der Waals surface area contributed by atoms with Gasteiger partial charge in [-0.3, -0.25) is 10.1 Å². The van der Waals surface area contributed by atoms with Crippen LogP contribution in [0.2, 0.25) is 0 Å². The first kappa shape index (κ1) is 22.3. The van der Waals surface area contributed by atoms with E-state index in [0.29, 0.717) is 37.5 Å². The summed E-state index contributed by atoms with van der Waals surface area (Å²) in [6, 6.07) is 12.2. The Morgan fingerprint density at radius 1 is 1.15 bits per heavy atom. The van der Waals surface area contributed by atoms with E-state index < -0.39 is 10.0 Å². The number of anilines is 2. The van der Waals surface area contributed by atoms with Crippen LogP contribution in [0.3, 0.4) is 0 Å². The number of rotatable bonds is 6. The predicted molar refractivity (Wildman–Crippen MR) is 126 cm³/mol. The van der Waals surface area contributed by atoms with Gasteiger partial charge in [0.15, 0.2) is 5.65 Å². The Morgan fingerprint density at radius 2 is 1.91 bits per heavy atom. The van der Waals surface area contributed by atoms with Gasteiger partial charge >= 0.3 is 0 Å². The second kappa shape index (κ2) is 8.70. The van der Waals surface area contributed by atoms with Gasteiger partial charge in [-0.15, -0.1) is 5.10 Å². The van der Waals surface area contributed by atoms with E-state index in [9.17, 15) is 18.5 Å². The lowest BCUT2D eigenvalue weighted by molar-refractivity contribution is -0.117. The van der Waals surface area contributed by atoms with Crippen LogP contribution in [-0.4, -0.2) is 48.1 Å². The molecule has 0 bridgehead atoms. The van der Waals surface area contributed by atoms with Crippen LogP contribution in [0.1, 0.15) is 36.8 Å². The first-order valence-corrected chi connectivity index (χ1v) is 12.8. The molecule has 1 saturated carbocycles. The summed E-state index contributed by atoms with van der Waals surface area (Å²) in [4.78, 5) is 18.6. The predicted octanol–water partition coefficient (Wildman–Crippen LogP) is 2.21. The van der Waals surface area contributed by atoms with Gasteiger partial charge in [-0.2, -0.15) is 14.8 Å². The third-order valence-corrected chi connectivity index (χ3v) is 7.77. The van der Waals surface area contributed by atoms with Crippen molar-refractivity contribution in [3.63, 3.8) is 0 Å². The van der Waals surface area contributed by atoms with Crippen molar-refractivity contribution in [2.24, 2.45) is 5.92 Å². The average Bonchev–Trinajstić information content (AvgIpc) is 3.59. The minimum Gasteiger partial charge on any atom is -0.356 e. The number of benzene rings is 1. The molecular formula is C23H25N7O3S. The fourth-order valence-electron chi connectivity index (χ4n) is 4.20. The normalized spacial score (nSPS) is 17.0. The molecule has 0 radical (unpaired) electrons. The number of hydrogen-bond acceptors (Lipinski definition) is 7. The third kappa shape index (κ3) is 4.47. The maximum atomic E-state index is 13.0. The number of carbonyl (C=O) groups excluding carboxylic acids is 1. The lowest BCUT2D eigenvalue weighted by atomic mass is 10.1. The van der Waals surface area contributed by atoms with Gasteiger partial charge < -0.3 is 4.90 Å². The van der Waals surface area contributed by atoms with Crippen molar-refractivity contribution in [2.75, 3.05) is 23.3 Å². The van der Waals surface area contributed by atoms with Gasteiger partial charge in [0, 0.05) is 25.0 Å². The van der Waals surface area contributed by atoms with Crippen molar-refractivity contribution in [1.82, 2.24) is 19.3 Å². The fraction of sp³-hybridized carbons (Fsp3) is 0.391. The van der Waals surface area contributed by atoms with E-state index in [-0.39, 0.29) is 28.3 Å². The van der Waals surface area contributed by atoms with Crippen LogP contribution in [0.25, 0.3) is 5.65 Å². The van der Waals surface area contributed by atoms with Gasteiger partial charge in [-0.05, 0) is 62.4 Å². The van der Waals surface area contributed by atoms with E-state index in [1.165, 1.54) is 12.1 Å². The van der Waals surface area contributed by atoms with Crippen LogP contribution in [0, 0.1) is 24.2 Å². The maximum Gasteiger partial charge on any atom is 0.249 e. The van der Waals surface area contributed by atoms with E-state index in [0.717, 1.165) is 24.2 Å². The molecule has 34 heavy (non-hydrogen) atoms. The van der Waals surface area contributed by atoms with Crippen molar-refractivity contribution in [3.8, 4) is 6.07 Å². The summed E-state index contributed by atoms with van der Waals surface area (Å²) in [5.74, 6) is 1.15. The van der Waals surface area contributed by atoms with Gasteiger partial charge in [0.2, 0.25) is 21.9 Å². The Balaban J connectivity index is 1.28. The SMILES string of the molecule is Cc1ccc(C#N)c(S(=O)(=O)NC2CCN(c3cccc4nc(NC(=O)C5CC5)nn34)CC2)c1. The molecule has 176 valence electrons. The molecule has 3 aromatic rings. The number of sulfonamides is 1. The lowest BCUT2D eigenvalue weighted by Gasteiger charge is -2.33. The first-order valence-electron chi connectivity index (χ1n) is 11.3. The van der Waals surface area contributed by atoms with Crippen LogP contribution in [-0.2, 0) is 14.8 Å². The molecule has 1 aliphatic heterocycles. The Morgan fingerprint density at radius 3 is 2.62 bits per heavy atom. The second-order valence-electron chi connectivity index (χ2n) is 8.85. The van der Waals surface area contributed by atoms with E-state index in [4.69, 9.17) is 0 Å². The Kier molecular flexibility index (Phi) is 5.71. The standard InChI is InChI=1S/C23H25N7O3S/c1-15-5-6-17(14-24)19(13-15)34(32,33)28-18-9-11-29(12-10-18)21-4-2-3-20-25-23(27-30(20)21)26-22(31)16-7-8-16/h2-6,13,16,18,28H,7-12H2,1H3,(H,26,27,31). The number of fused-ring (bicyclic) bond motifs is 1. The molecule has 2 aliphatic rings. The van der Waals surface area contributed by atoms with E-state index in [1.54, 1.807) is 17.5 Å². The van der Waals surface area contributed by atoms with Crippen molar-refractivity contribution < 1.29 is 13.2 Å². The molecule has 0 atom stereocenters. The molecule has 0 unspecified atom stereocenters. The van der Waals surface area contributed by atoms with Crippen LogP contribution in [0.4, 0.5) is 11.8 Å². The highest BCUT2D eigenvalue weighted by Gasteiger charge is 2.31. The zero-order valence-corrected chi connectivity index (χ0v) is 19.5. The molecule has 11 heteroatoms. The zero-order valence-electron chi connectivity index (χ0n) is 18.7. The summed E-state index contributed by atoms with van der Waals surface area (Å²) in [6.07, 6.45) is 3.02. The molecule has 2 aromatic heterocycles. The van der Waals surface area contributed by atoms with Crippen LogP contribution in [0.5, 0.6) is 0 Å². The van der Waals surface area contributed by atoms with Gasteiger partial charge in [0.05, 0.1) is 10.5 Å². The van der Waals surface area contributed by atoms with Crippen molar-refractivity contribution >= 4 is 33.3 Å². The van der Waals surface area contributed by atoms with Crippen molar-refractivity contribution in [3.05, 3.63) is 47.5 Å². The molecule has 1 amide bonds. The van der Waals surface area contributed by atoms with E-state index >= 15 is 0 Å². The molecule has 1 aliphatic carbocycles. The fourth-order valence-corrected chi connectivity index (χ4v) is 5.74. The number of pyridine rings is 1. The summed E-state index contributed by atoms with van der Waals surface area (Å²) in [5, 5.41) is 16.6. The summed E-state index contributed by atoms with van der Waals surface area (Å²) in [5.41, 5.74) is 1.55. The highest BCUT2D eigenvalue weighted by atomic mass is 32.2. The number of aryl methyl sites for hydroxylation is 1. The smallest absolute Gasteiger partial charge is 0.249 e. The molecule has 1 aromatic carbocycles. The number of amides is 1. The topological polar surface area (TPSA) is 132 Å². The van der Waals surface area contributed by atoms with E-state index in [1.807, 2.05) is 24.3 Å². The molecular weight excluding hydrogens is 454 g/mol. The Hall–Kier alpha value is -3.49. The van der Waals surface area contributed by atoms with Crippen LogP contribution >= 0.6 is 0 Å². The molecule has 2 fully saturated rings. The number of hydrogen-bond donors (Lipinski definition) is 2. The summed E-state index contributed by atoms with van der Waals surface area (Å²) < 4.78 is 30.4. The number of nitrogens with one attached hydrogen (secondary N) is 2. The molecule has 0 spiro atoms. The third-order valence-electron chi connectivity index (χ3n) is 6.21.